The predicted molar refractivity (Wildman–Crippen MR) is 179 cm³/mol. The van der Waals surface area contributed by atoms with Gasteiger partial charge in [0.05, 0.1) is 29.8 Å². The van der Waals surface area contributed by atoms with Crippen LogP contribution in [0.4, 0.5) is 17.2 Å². The molecule has 1 atom stereocenters. The van der Waals surface area contributed by atoms with E-state index in [0.29, 0.717) is 64.9 Å². The number of anilines is 3. The van der Waals surface area contributed by atoms with Crippen molar-refractivity contribution in [1.29, 1.82) is 5.26 Å². The topological polar surface area (TPSA) is 132 Å². The highest BCUT2D eigenvalue weighted by Gasteiger charge is 2.30. The normalized spacial score (nSPS) is 17.6. The van der Waals surface area contributed by atoms with Gasteiger partial charge in [0.1, 0.15) is 11.5 Å². The summed E-state index contributed by atoms with van der Waals surface area (Å²) < 4.78 is 1.46. The number of aliphatic hydroxyl groups excluding tert-OH is 1. The molecule has 47 heavy (non-hydrogen) atoms. The number of carbonyl (C=O) groups excluding carboxylic acids is 2. The molecule has 2 amide bonds. The Balaban J connectivity index is 1.14. The number of amides is 2. The van der Waals surface area contributed by atoms with Crippen molar-refractivity contribution in [3.8, 4) is 17.2 Å². The molecular weight excluding hydrogens is 592 g/mol. The molecule has 1 saturated carbocycles. The lowest BCUT2D eigenvalue weighted by Crippen LogP contribution is -2.39. The Morgan fingerprint density at radius 1 is 1.06 bits per heavy atom. The number of rotatable bonds is 7. The molecular formula is C37H36N6O4. The second-order valence-corrected chi connectivity index (χ2v) is 12.7. The fourth-order valence-corrected chi connectivity index (χ4v) is 6.80. The Hall–Kier alpha value is -5.27. The Morgan fingerprint density at radius 3 is 2.66 bits per heavy atom. The molecule has 2 N–H and O–H groups in total. The monoisotopic (exact) mass is 628 g/mol. The molecule has 2 aromatic heterocycles. The van der Waals surface area contributed by atoms with Crippen LogP contribution in [0.2, 0.25) is 0 Å². The van der Waals surface area contributed by atoms with E-state index in [0.717, 1.165) is 24.8 Å². The number of aromatic nitrogens is 2. The van der Waals surface area contributed by atoms with Crippen LogP contribution in [0, 0.1) is 17.2 Å². The summed E-state index contributed by atoms with van der Waals surface area (Å²) in [7, 11) is 1.66. The van der Waals surface area contributed by atoms with E-state index in [1.807, 2.05) is 24.3 Å². The smallest absolute Gasteiger partial charge is 0.274 e. The molecule has 2 aliphatic heterocycles. The first-order valence-corrected chi connectivity index (χ1v) is 16.1. The van der Waals surface area contributed by atoms with Gasteiger partial charge in [-0.3, -0.25) is 14.4 Å². The average Bonchev–Trinajstić information content (AvgIpc) is 3.96. The largest absolute Gasteiger partial charge is 0.392 e. The lowest BCUT2D eigenvalue weighted by molar-refractivity contribution is 0.0698. The van der Waals surface area contributed by atoms with Gasteiger partial charge in [0.15, 0.2) is 0 Å². The predicted octanol–water partition coefficient (Wildman–Crippen LogP) is 5.14. The summed E-state index contributed by atoms with van der Waals surface area (Å²) >= 11 is 0. The molecule has 1 unspecified atom stereocenters. The Kier molecular flexibility index (Phi) is 8.08. The molecule has 10 nitrogen and oxygen atoms in total. The van der Waals surface area contributed by atoms with Crippen LogP contribution >= 0.6 is 0 Å². The van der Waals surface area contributed by atoms with Gasteiger partial charge in [-0.1, -0.05) is 24.3 Å². The zero-order chi connectivity index (χ0) is 32.7. The Labute approximate surface area is 272 Å². The fraction of sp³-hybridized carbons (Fsp3) is 0.324. The van der Waals surface area contributed by atoms with Crippen LogP contribution in [0.5, 0.6) is 0 Å². The van der Waals surface area contributed by atoms with E-state index in [-0.39, 0.29) is 35.6 Å². The van der Waals surface area contributed by atoms with Gasteiger partial charge in [0, 0.05) is 55.8 Å². The van der Waals surface area contributed by atoms with Crippen molar-refractivity contribution in [3.05, 3.63) is 105 Å². The molecule has 0 bridgehead atoms. The molecule has 238 valence electrons. The average molecular weight is 629 g/mol. The summed E-state index contributed by atoms with van der Waals surface area (Å²) in [5, 5.41) is 23.0. The van der Waals surface area contributed by atoms with Crippen LogP contribution in [-0.2, 0) is 20.1 Å². The van der Waals surface area contributed by atoms with Gasteiger partial charge in [0.25, 0.3) is 17.4 Å². The van der Waals surface area contributed by atoms with Crippen molar-refractivity contribution < 1.29 is 14.7 Å². The molecule has 0 radical (unpaired) electrons. The van der Waals surface area contributed by atoms with Crippen LogP contribution in [0.25, 0.3) is 11.1 Å². The number of piperidine rings is 1. The van der Waals surface area contributed by atoms with E-state index in [1.165, 1.54) is 29.2 Å². The van der Waals surface area contributed by atoms with E-state index in [9.17, 15) is 24.8 Å². The maximum absolute atomic E-state index is 13.7. The zero-order valence-corrected chi connectivity index (χ0v) is 26.3. The van der Waals surface area contributed by atoms with Crippen molar-refractivity contribution in [1.82, 2.24) is 14.5 Å². The first kappa shape index (κ1) is 30.4. The van der Waals surface area contributed by atoms with Crippen LogP contribution in [0.15, 0.2) is 71.8 Å². The summed E-state index contributed by atoms with van der Waals surface area (Å²) in [5.74, 6) is 0.603. The quantitative estimate of drug-likeness (QED) is 0.290. The highest BCUT2D eigenvalue weighted by Crippen LogP contribution is 2.41. The molecule has 10 heteroatoms. The zero-order valence-electron chi connectivity index (χ0n) is 26.3. The summed E-state index contributed by atoms with van der Waals surface area (Å²) in [6.45, 7) is 1.24. The van der Waals surface area contributed by atoms with Crippen molar-refractivity contribution in [3.63, 3.8) is 0 Å². The third kappa shape index (κ3) is 5.90. The van der Waals surface area contributed by atoms with Gasteiger partial charge in [-0.05, 0) is 85.0 Å². The van der Waals surface area contributed by atoms with Crippen molar-refractivity contribution in [2.24, 2.45) is 13.0 Å². The van der Waals surface area contributed by atoms with Crippen LogP contribution in [0.3, 0.4) is 0 Å². The number of carbonyl (C=O) groups is 2. The van der Waals surface area contributed by atoms with Gasteiger partial charge in [-0.2, -0.15) is 5.26 Å². The van der Waals surface area contributed by atoms with Gasteiger partial charge in [-0.25, -0.2) is 4.98 Å². The molecule has 1 saturated heterocycles. The van der Waals surface area contributed by atoms with Gasteiger partial charge in [0.2, 0.25) is 0 Å². The SMILES string of the molecule is Cn1cc(-c2cccc(N3CCc4cc(C5CC5)ccc4C3=O)c2CO)cc(Nc2ccc(C(=O)N3CCCC(C#N)C3)cn2)c1=O. The standard InChI is InChI=1S/C37H36N6O4/c1-41-21-28(17-32(37(41)47)40-34-12-10-27(19-39-34)35(45)42-14-3-4-23(18-38)20-42)29-5-2-6-33(31(29)22-44)43-15-13-26-16-25(24-7-8-24)9-11-30(26)36(43)46/h2,5-6,9-12,16-17,19,21,23-24,44H,3-4,7-8,13-15,20,22H2,1H3,(H,39,40). The van der Waals surface area contributed by atoms with E-state index >= 15 is 0 Å². The number of nitrogens with zero attached hydrogens (tertiary/aromatic N) is 5. The number of hydrogen-bond acceptors (Lipinski definition) is 7. The molecule has 7 rings (SSSR count). The lowest BCUT2D eigenvalue weighted by Gasteiger charge is -2.31. The van der Waals surface area contributed by atoms with Crippen LogP contribution in [-0.4, -0.2) is 51.0 Å². The van der Waals surface area contributed by atoms with Crippen molar-refractivity contribution >= 4 is 29.0 Å². The molecule has 4 heterocycles. The highest BCUT2D eigenvalue weighted by molar-refractivity contribution is 6.09. The molecule has 3 aliphatic rings. The number of benzene rings is 2. The number of nitrogens with one attached hydrogen (secondary N) is 1. The number of pyridine rings is 2. The number of likely N-dealkylation sites (tertiary alicyclic amines) is 1. The molecule has 1 aliphatic carbocycles. The van der Waals surface area contributed by atoms with Crippen LogP contribution in [0.1, 0.15) is 69.0 Å². The molecule has 2 fully saturated rings. The number of aryl methyl sites for hydroxylation is 1. The number of aliphatic hydroxyl groups is 1. The molecule has 4 aromatic rings. The minimum atomic E-state index is -0.294. The minimum Gasteiger partial charge on any atom is -0.392 e. The lowest BCUT2D eigenvalue weighted by atomic mass is 9.93. The molecule has 0 spiro atoms. The number of fused-ring (bicyclic) bond motifs is 1. The fourth-order valence-electron chi connectivity index (χ4n) is 6.80. The van der Waals surface area contributed by atoms with Gasteiger partial charge < -0.3 is 24.8 Å². The first-order valence-electron chi connectivity index (χ1n) is 16.1. The summed E-state index contributed by atoms with van der Waals surface area (Å²) in [4.78, 5) is 47.7. The summed E-state index contributed by atoms with van der Waals surface area (Å²) in [6.07, 6.45) is 7.93. The minimum absolute atomic E-state index is 0.0820. The second kappa shape index (κ2) is 12.5. The summed E-state index contributed by atoms with van der Waals surface area (Å²) in [5.41, 5.74) is 6.14. The third-order valence-electron chi connectivity index (χ3n) is 9.52. The number of nitriles is 1. The Bertz CT molecular complexity index is 1970. The third-order valence-corrected chi connectivity index (χ3v) is 9.52. The van der Waals surface area contributed by atoms with E-state index < -0.39 is 0 Å². The number of hydrogen-bond donors (Lipinski definition) is 2. The van der Waals surface area contributed by atoms with Crippen molar-refractivity contribution in [2.45, 2.75) is 44.6 Å². The second-order valence-electron chi connectivity index (χ2n) is 12.7. The van der Waals surface area contributed by atoms with Gasteiger partial charge >= 0.3 is 0 Å². The maximum atomic E-state index is 13.7. The highest BCUT2D eigenvalue weighted by atomic mass is 16.3. The van der Waals surface area contributed by atoms with Crippen molar-refractivity contribution in [2.75, 3.05) is 29.9 Å². The Morgan fingerprint density at radius 2 is 1.91 bits per heavy atom. The van der Waals surface area contributed by atoms with E-state index in [1.54, 1.807) is 41.2 Å². The summed E-state index contributed by atoms with van der Waals surface area (Å²) in [6, 6.07) is 19.1. The first-order chi connectivity index (χ1) is 22.8. The van der Waals surface area contributed by atoms with Crippen LogP contribution < -0.4 is 15.8 Å². The maximum Gasteiger partial charge on any atom is 0.274 e. The van der Waals surface area contributed by atoms with Gasteiger partial charge in [-0.15, -0.1) is 0 Å². The molecule has 2 aromatic carbocycles. The van der Waals surface area contributed by atoms with E-state index in [2.05, 4.69) is 28.5 Å². The van der Waals surface area contributed by atoms with E-state index in [4.69, 9.17) is 0 Å².